The van der Waals surface area contributed by atoms with Crippen LogP contribution in [0.1, 0.15) is 15.9 Å². The molecule has 0 atom stereocenters. The summed E-state index contributed by atoms with van der Waals surface area (Å²) in [5.41, 5.74) is 1.63. The summed E-state index contributed by atoms with van der Waals surface area (Å²) in [6.45, 7) is 1.52. The lowest BCUT2D eigenvalue weighted by Gasteiger charge is -2.08. The van der Waals surface area contributed by atoms with E-state index in [0.29, 0.717) is 16.8 Å². The highest BCUT2D eigenvalue weighted by Gasteiger charge is 2.18. The average Bonchev–Trinajstić information content (AvgIpc) is 2.86. The molecule has 0 bridgehead atoms. The molecule has 0 saturated heterocycles. The van der Waals surface area contributed by atoms with E-state index < -0.39 is 16.6 Å². The highest BCUT2D eigenvalue weighted by atomic mass is 16.6. The maximum absolute atomic E-state index is 12.3. The minimum absolute atomic E-state index is 0.118. The number of aromatic nitrogens is 1. The van der Waals surface area contributed by atoms with Crippen molar-refractivity contribution in [3.63, 3.8) is 0 Å². The van der Waals surface area contributed by atoms with Gasteiger partial charge in [-0.25, -0.2) is 4.79 Å². The molecule has 1 heterocycles. The summed E-state index contributed by atoms with van der Waals surface area (Å²) in [7, 11) is 0. The molecule has 3 aromatic rings. The number of carbonyl (C=O) groups excluding carboxylic acids is 1. The molecule has 2 aromatic carbocycles. The van der Waals surface area contributed by atoms with Crippen molar-refractivity contribution in [1.82, 2.24) is 4.98 Å². The van der Waals surface area contributed by atoms with Crippen LogP contribution in [0.15, 0.2) is 45.6 Å². The summed E-state index contributed by atoms with van der Waals surface area (Å²) >= 11 is 0. The van der Waals surface area contributed by atoms with Crippen LogP contribution in [0, 0.1) is 17.0 Å². The standard InChI is InChI=1S/C15H11N3O5/c1-8-10(3-2-4-12(8)18(21)22)14(19)16-9-5-6-13-11(7-9)17-15(20)23-13/h2-7H,1H3,(H,16,19)(H,17,20). The molecule has 0 unspecified atom stereocenters. The molecular weight excluding hydrogens is 302 g/mol. The quantitative estimate of drug-likeness (QED) is 0.569. The predicted molar refractivity (Wildman–Crippen MR) is 82.6 cm³/mol. The fourth-order valence-corrected chi connectivity index (χ4v) is 2.30. The number of nitrogens with zero attached hydrogens (tertiary/aromatic N) is 1. The van der Waals surface area contributed by atoms with Crippen LogP contribution in [0.4, 0.5) is 11.4 Å². The highest BCUT2D eigenvalue weighted by molar-refractivity contribution is 6.06. The molecule has 0 aliphatic rings. The van der Waals surface area contributed by atoms with Gasteiger partial charge in [-0.3, -0.25) is 19.9 Å². The van der Waals surface area contributed by atoms with Gasteiger partial charge < -0.3 is 9.73 Å². The number of hydrogen-bond donors (Lipinski definition) is 2. The van der Waals surface area contributed by atoms with Gasteiger partial charge in [0.2, 0.25) is 0 Å². The number of oxazole rings is 1. The van der Waals surface area contributed by atoms with Crippen LogP contribution < -0.4 is 11.1 Å². The monoisotopic (exact) mass is 313 g/mol. The van der Waals surface area contributed by atoms with E-state index in [1.165, 1.54) is 25.1 Å². The maximum Gasteiger partial charge on any atom is 0.417 e. The second kappa shape index (κ2) is 5.41. The van der Waals surface area contributed by atoms with Gasteiger partial charge >= 0.3 is 5.76 Å². The van der Waals surface area contributed by atoms with Crippen molar-refractivity contribution in [3.8, 4) is 0 Å². The highest BCUT2D eigenvalue weighted by Crippen LogP contribution is 2.23. The number of H-pyrrole nitrogens is 1. The number of aromatic amines is 1. The Balaban J connectivity index is 1.92. The number of nitro benzene ring substituents is 1. The van der Waals surface area contributed by atoms with E-state index in [4.69, 9.17) is 4.42 Å². The summed E-state index contributed by atoms with van der Waals surface area (Å²) in [5.74, 6) is -1.06. The Labute approximate surface area is 128 Å². The van der Waals surface area contributed by atoms with Gasteiger partial charge in [0.1, 0.15) is 0 Å². The molecule has 0 saturated carbocycles. The number of anilines is 1. The lowest BCUT2D eigenvalue weighted by molar-refractivity contribution is -0.385. The van der Waals surface area contributed by atoms with Crippen molar-refractivity contribution in [2.45, 2.75) is 6.92 Å². The molecule has 0 spiro atoms. The van der Waals surface area contributed by atoms with E-state index in [1.807, 2.05) is 0 Å². The Bertz CT molecular complexity index is 986. The zero-order chi connectivity index (χ0) is 16.6. The second-order valence-electron chi connectivity index (χ2n) is 4.89. The Morgan fingerprint density at radius 1 is 1.30 bits per heavy atom. The lowest BCUT2D eigenvalue weighted by Crippen LogP contribution is -2.14. The first-order valence-electron chi connectivity index (χ1n) is 6.64. The van der Waals surface area contributed by atoms with Crippen LogP contribution in [0.3, 0.4) is 0 Å². The first-order chi connectivity index (χ1) is 11.0. The molecule has 0 fully saturated rings. The van der Waals surface area contributed by atoms with Gasteiger partial charge in [0.25, 0.3) is 11.6 Å². The summed E-state index contributed by atoms with van der Waals surface area (Å²) in [5, 5.41) is 13.6. The van der Waals surface area contributed by atoms with E-state index in [2.05, 4.69) is 10.3 Å². The minimum Gasteiger partial charge on any atom is -0.408 e. The van der Waals surface area contributed by atoms with Gasteiger partial charge in [-0.1, -0.05) is 6.07 Å². The fourth-order valence-electron chi connectivity index (χ4n) is 2.30. The molecular formula is C15H11N3O5. The van der Waals surface area contributed by atoms with Gasteiger partial charge in [-0.2, -0.15) is 0 Å². The molecule has 8 nitrogen and oxygen atoms in total. The van der Waals surface area contributed by atoms with Crippen LogP contribution in [0.2, 0.25) is 0 Å². The third-order valence-corrected chi connectivity index (χ3v) is 3.42. The van der Waals surface area contributed by atoms with E-state index in [-0.39, 0.29) is 16.8 Å². The molecule has 3 rings (SSSR count). The Morgan fingerprint density at radius 3 is 2.83 bits per heavy atom. The number of nitro groups is 1. The second-order valence-corrected chi connectivity index (χ2v) is 4.89. The molecule has 116 valence electrons. The van der Waals surface area contributed by atoms with E-state index in [9.17, 15) is 19.7 Å². The van der Waals surface area contributed by atoms with Gasteiger partial charge in [-0.05, 0) is 31.2 Å². The number of hydrogen-bond acceptors (Lipinski definition) is 5. The van der Waals surface area contributed by atoms with E-state index in [0.717, 1.165) is 0 Å². The predicted octanol–water partition coefficient (Wildman–Crippen LogP) is 2.59. The molecule has 8 heteroatoms. The summed E-state index contributed by atoms with van der Waals surface area (Å²) in [4.78, 5) is 36.3. The molecule has 0 aliphatic heterocycles. The fraction of sp³-hybridized carbons (Fsp3) is 0.0667. The molecule has 1 amide bonds. The summed E-state index contributed by atoms with van der Waals surface area (Å²) in [6, 6.07) is 8.97. The van der Waals surface area contributed by atoms with Gasteiger partial charge in [0.15, 0.2) is 5.58 Å². The molecule has 1 aromatic heterocycles. The first-order valence-corrected chi connectivity index (χ1v) is 6.64. The number of benzene rings is 2. The van der Waals surface area contributed by atoms with Crippen molar-refractivity contribution in [1.29, 1.82) is 0 Å². The normalized spacial score (nSPS) is 10.7. The Morgan fingerprint density at radius 2 is 2.09 bits per heavy atom. The van der Waals surface area contributed by atoms with Crippen molar-refractivity contribution < 1.29 is 14.1 Å². The number of nitrogens with one attached hydrogen (secondary N) is 2. The largest absolute Gasteiger partial charge is 0.417 e. The molecule has 0 aliphatic carbocycles. The Hall–Kier alpha value is -3.42. The number of carbonyl (C=O) groups is 1. The van der Waals surface area contributed by atoms with Crippen LogP contribution in [0.5, 0.6) is 0 Å². The first kappa shape index (κ1) is 14.5. The number of fused-ring (bicyclic) bond motifs is 1. The average molecular weight is 313 g/mol. The zero-order valence-electron chi connectivity index (χ0n) is 12.0. The zero-order valence-corrected chi connectivity index (χ0v) is 12.0. The SMILES string of the molecule is Cc1c(C(=O)Nc2ccc3oc(=O)[nH]c3c2)cccc1[N+](=O)[O-]. The lowest BCUT2D eigenvalue weighted by atomic mass is 10.1. The summed E-state index contributed by atoms with van der Waals surface area (Å²) in [6.07, 6.45) is 0. The van der Waals surface area contributed by atoms with Gasteiger partial charge in [-0.15, -0.1) is 0 Å². The van der Waals surface area contributed by atoms with Crippen molar-refractivity contribution >= 4 is 28.4 Å². The molecule has 2 N–H and O–H groups in total. The van der Waals surface area contributed by atoms with E-state index >= 15 is 0 Å². The third kappa shape index (κ3) is 2.69. The van der Waals surface area contributed by atoms with Crippen LogP contribution in [0.25, 0.3) is 11.1 Å². The topological polar surface area (TPSA) is 118 Å². The van der Waals surface area contributed by atoms with Crippen molar-refractivity contribution in [2.24, 2.45) is 0 Å². The van der Waals surface area contributed by atoms with Crippen LogP contribution in [-0.2, 0) is 0 Å². The maximum atomic E-state index is 12.3. The number of amides is 1. The smallest absolute Gasteiger partial charge is 0.408 e. The van der Waals surface area contributed by atoms with Gasteiger partial charge in [0.05, 0.1) is 10.4 Å². The molecule has 0 radical (unpaired) electrons. The minimum atomic E-state index is -0.585. The Kier molecular flexibility index (Phi) is 3.41. The van der Waals surface area contributed by atoms with Gasteiger partial charge in [0, 0.05) is 22.9 Å². The van der Waals surface area contributed by atoms with E-state index in [1.54, 1.807) is 18.2 Å². The van der Waals surface area contributed by atoms with Crippen LogP contribution >= 0.6 is 0 Å². The van der Waals surface area contributed by atoms with Crippen LogP contribution in [-0.4, -0.2) is 15.8 Å². The molecule has 23 heavy (non-hydrogen) atoms. The van der Waals surface area contributed by atoms with Crippen molar-refractivity contribution in [3.05, 3.63) is 68.2 Å². The third-order valence-electron chi connectivity index (χ3n) is 3.42. The van der Waals surface area contributed by atoms with Crippen molar-refractivity contribution in [2.75, 3.05) is 5.32 Å². The summed E-state index contributed by atoms with van der Waals surface area (Å²) < 4.78 is 4.87. The number of rotatable bonds is 3.